The summed E-state index contributed by atoms with van der Waals surface area (Å²) in [7, 11) is 2.18. The van der Waals surface area contributed by atoms with Crippen LogP contribution in [0.3, 0.4) is 0 Å². The summed E-state index contributed by atoms with van der Waals surface area (Å²) in [5.74, 6) is 0.708. The Balaban J connectivity index is 1.57. The van der Waals surface area contributed by atoms with E-state index < -0.39 is 0 Å². The van der Waals surface area contributed by atoms with Gasteiger partial charge in [-0.1, -0.05) is 36.6 Å². The van der Waals surface area contributed by atoms with Gasteiger partial charge in [0.05, 0.1) is 5.69 Å². The second kappa shape index (κ2) is 7.92. The van der Waals surface area contributed by atoms with E-state index >= 15 is 0 Å². The normalized spacial score (nSPS) is 14.5. The van der Waals surface area contributed by atoms with Gasteiger partial charge in [-0.25, -0.2) is 0 Å². The maximum atomic E-state index is 4.84. The van der Waals surface area contributed by atoms with Gasteiger partial charge in [0.15, 0.2) is 0 Å². The molecule has 0 amide bonds. The number of benzene rings is 2. The van der Waals surface area contributed by atoms with Crippen molar-refractivity contribution >= 4 is 10.9 Å². The third-order valence-corrected chi connectivity index (χ3v) is 7.17. The molecule has 2 aromatic carbocycles. The van der Waals surface area contributed by atoms with E-state index in [2.05, 4.69) is 93.2 Å². The van der Waals surface area contributed by atoms with Gasteiger partial charge in [-0.3, -0.25) is 4.98 Å². The van der Waals surface area contributed by atoms with E-state index in [9.17, 15) is 0 Å². The monoisotopic (exact) mass is 407 g/mol. The molecular formula is C29H31N2+. The van der Waals surface area contributed by atoms with E-state index in [1.807, 2.05) is 0 Å². The quantitative estimate of drug-likeness (QED) is 0.335. The van der Waals surface area contributed by atoms with Crippen molar-refractivity contribution in [2.45, 2.75) is 52.4 Å². The lowest BCUT2D eigenvalue weighted by Gasteiger charge is -2.11. The van der Waals surface area contributed by atoms with Gasteiger partial charge in [0, 0.05) is 34.8 Å². The SMILES string of the molecule is Cc1cc(C)c(C)c(-c2ccc3ccc(-c4ccc(C5CCCC5)cn4)cc3[n+]2C)c1. The van der Waals surface area contributed by atoms with Crippen LogP contribution in [0.25, 0.3) is 33.4 Å². The summed E-state index contributed by atoms with van der Waals surface area (Å²) in [6, 6.07) is 20.2. The molecule has 0 unspecified atom stereocenters. The number of rotatable bonds is 3. The van der Waals surface area contributed by atoms with E-state index in [-0.39, 0.29) is 0 Å². The Labute approximate surface area is 185 Å². The van der Waals surface area contributed by atoms with Crippen molar-refractivity contribution in [1.82, 2.24) is 4.98 Å². The Morgan fingerprint density at radius 2 is 1.65 bits per heavy atom. The minimum Gasteiger partial charge on any atom is -0.256 e. The van der Waals surface area contributed by atoms with Crippen molar-refractivity contribution in [1.29, 1.82) is 0 Å². The average molecular weight is 408 g/mol. The molecule has 0 radical (unpaired) electrons. The van der Waals surface area contributed by atoms with E-state index in [1.165, 1.54) is 75.7 Å². The van der Waals surface area contributed by atoms with Gasteiger partial charge in [-0.2, -0.15) is 4.57 Å². The topological polar surface area (TPSA) is 16.8 Å². The van der Waals surface area contributed by atoms with E-state index in [4.69, 9.17) is 4.98 Å². The van der Waals surface area contributed by atoms with E-state index in [1.54, 1.807) is 0 Å². The molecule has 2 aromatic heterocycles. The summed E-state index contributed by atoms with van der Waals surface area (Å²) in [6.45, 7) is 6.60. The maximum absolute atomic E-state index is 4.84. The Kier molecular flexibility index (Phi) is 5.09. The van der Waals surface area contributed by atoms with Crippen LogP contribution in [0.15, 0.2) is 60.8 Å². The van der Waals surface area contributed by atoms with Crippen LogP contribution in [0.2, 0.25) is 0 Å². The molecule has 1 fully saturated rings. The first-order valence-corrected chi connectivity index (χ1v) is 11.5. The standard InChI is InChI=1S/C29H31N2/c1-19-15-20(2)21(3)26(16-19)28-14-12-23-9-10-24(17-29(23)31(28)4)27-13-11-25(18-30-27)22-7-5-6-8-22/h9-18,22H,5-8H2,1-4H3/q+1. The predicted octanol–water partition coefficient (Wildman–Crippen LogP) is 6.98. The highest BCUT2D eigenvalue weighted by Gasteiger charge is 2.19. The first-order valence-electron chi connectivity index (χ1n) is 11.5. The molecule has 1 saturated carbocycles. The van der Waals surface area contributed by atoms with Crippen molar-refractivity contribution in [2.75, 3.05) is 0 Å². The number of nitrogens with zero attached hydrogens (tertiary/aromatic N) is 2. The smallest absolute Gasteiger partial charge is 0.213 e. The zero-order chi connectivity index (χ0) is 21.5. The number of pyridine rings is 2. The fraction of sp³-hybridized carbons (Fsp3) is 0.310. The lowest BCUT2D eigenvalue weighted by molar-refractivity contribution is -0.633. The molecular weight excluding hydrogens is 376 g/mol. The molecule has 2 heteroatoms. The molecule has 2 heterocycles. The summed E-state index contributed by atoms with van der Waals surface area (Å²) in [6.07, 6.45) is 7.44. The summed E-state index contributed by atoms with van der Waals surface area (Å²) in [5.41, 5.74) is 11.4. The Morgan fingerprint density at radius 1 is 0.871 bits per heavy atom. The molecule has 1 aliphatic carbocycles. The Hall–Kier alpha value is -3.00. The number of aryl methyl sites for hydroxylation is 3. The molecule has 1 aliphatic rings. The summed E-state index contributed by atoms with van der Waals surface area (Å²) < 4.78 is 2.33. The van der Waals surface area contributed by atoms with Gasteiger partial charge in [0.1, 0.15) is 7.05 Å². The maximum Gasteiger partial charge on any atom is 0.213 e. The average Bonchev–Trinajstić information content (AvgIpc) is 3.32. The zero-order valence-electron chi connectivity index (χ0n) is 19.1. The van der Waals surface area contributed by atoms with Gasteiger partial charge in [-0.05, 0) is 80.5 Å². The molecule has 0 bridgehead atoms. The van der Waals surface area contributed by atoms with Crippen LogP contribution >= 0.6 is 0 Å². The van der Waals surface area contributed by atoms with Crippen molar-refractivity contribution in [3.63, 3.8) is 0 Å². The van der Waals surface area contributed by atoms with E-state index in [0.29, 0.717) is 5.92 Å². The van der Waals surface area contributed by atoms with Gasteiger partial charge in [-0.15, -0.1) is 0 Å². The van der Waals surface area contributed by atoms with Crippen LogP contribution in [0.5, 0.6) is 0 Å². The molecule has 156 valence electrons. The van der Waals surface area contributed by atoms with Gasteiger partial charge in [0.2, 0.25) is 11.2 Å². The highest BCUT2D eigenvalue weighted by atomic mass is 14.9. The third-order valence-electron chi connectivity index (χ3n) is 7.17. The van der Waals surface area contributed by atoms with Gasteiger partial charge < -0.3 is 0 Å². The first kappa shape index (κ1) is 19.9. The molecule has 0 saturated heterocycles. The van der Waals surface area contributed by atoms with Crippen molar-refractivity contribution in [3.05, 3.63) is 83.0 Å². The lowest BCUT2D eigenvalue weighted by atomic mass is 9.96. The molecule has 0 aliphatic heterocycles. The lowest BCUT2D eigenvalue weighted by Crippen LogP contribution is -2.32. The number of fused-ring (bicyclic) bond motifs is 1. The van der Waals surface area contributed by atoms with Crippen LogP contribution in [-0.2, 0) is 7.05 Å². The van der Waals surface area contributed by atoms with Crippen LogP contribution in [-0.4, -0.2) is 4.98 Å². The molecule has 5 rings (SSSR count). The summed E-state index contributed by atoms with van der Waals surface area (Å²) in [4.78, 5) is 4.84. The fourth-order valence-corrected chi connectivity index (χ4v) is 5.20. The summed E-state index contributed by atoms with van der Waals surface area (Å²) in [5, 5.41) is 1.25. The number of aromatic nitrogens is 2. The Bertz CT molecular complexity index is 1260. The van der Waals surface area contributed by atoms with Crippen LogP contribution in [0.4, 0.5) is 0 Å². The molecule has 2 nitrogen and oxygen atoms in total. The van der Waals surface area contributed by atoms with Crippen LogP contribution < -0.4 is 4.57 Å². The Morgan fingerprint density at radius 3 is 2.39 bits per heavy atom. The van der Waals surface area contributed by atoms with Crippen molar-refractivity contribution < 1.29 is 4.57 Å². The number of hydrogen-bond donors (Lipinski definition) is 0. The molecule has 31 heavy (non-hydrogen) atoms. The van der Waals surface area contributed by atoms with Crippen LogP contribution in [0, 0.1) is 20.8 Å². The molecule has 0 spiro atoms. The van der Waals surface area contributed by atoms with Gasteiger partial charge >= 0.3 is 0 Å². The minimum absolute atomic E-state index is 0.708. The largest absolute Gasteiger partial charge is 0.256 e. The van der Waals surface area contributed by atoms with Crippen LogP contribution in [0.1, 0.15) is 53.9 Å². The van der Waals surface area contributed by atoms with Crippen molar-refractivity contribution in [3.8, 4) is 22.5 Å². The third kappa shape index (κ3) is 3.65. The minimum atomic E-state index is 0.708. The van der Waals surface area contributed by atoms with Crippen molar-refractivity contribution in [2.24, 2.45) is 7.05 Å². The summed E-state index contributed by atoms with van der Waals surface area (Å²) >= 11 is 0. The second-order valence-electron chi connectivity index (χ2n) is 9.26. The van der Waals surface area contributed by atoms with E-state index in [0.717, 1.165) is 5.69 Å². The highest BCUT2D eigenvalue weighted by Crippen LogP contribution is 2.34. The highest BCUT2D eigenvalue weighted by molar-refractivity contribution is 5.83. The number of hydrogen-bond acceptors (Lipinski definition) is 1. The molecule has 4 aromatic rings. The van der Waals surface area contributed by atoms with Gasteiger partial charge in [0.25, 0.3) is 0 Å². The predicted molar refractivity (Wildman–Crippen MR) is 129 cm³/mol. The molecule has 0 atom stereocenters. The fourth-order valence-electron chi connectivity index (χ4n) is 5.20. The molecule has 0 N–H and O–H groups in total. The first-order chi connectivity index (χ1) is 15.0. The zero-order valence-corrected chi connectivity index (χ0v) is 19.1. The second-order valence-corrected chi connectivity index (χ2v) is 9.26.